The normalized spacial score (nSPS) is 16.5. The first-order chi connectivity index (χ1) is 11.1. The van der Waals surface area contributed by atoms with Crippen molar-refractivity contribution in [3.8, 4) is 0 Å². The fourth-order valence-corrected chi connectivity index (χ4v) is 3.17. The van der Waals surface area contributed by atoms with E-state index in [2.05, 4.69) is 5.32 Å². The highest BCUT2D eigenvalue weighted by Crippen LogP contribution is 2.14. The number of alkyl carbamates (subject to hydrolysis) is 1. The summed E-state index contributed by atoms with van der Waals surface area (Å²) >= 11 is 1.46. The number of benzene rings is 1. The Hall–Kier alpha value is -1.73. The summed E-state index contributed by atoms with van der Waals surface area (Å²) in [6, 6.07) is 8.81. The molecule has 126 valence electrons. The van der Waals surface area contributed by atoms with E-state index in [9.17, 15) is 14.7 Å². The number of amides is 1. The second kappa shape index (κ2) is 9.42. The molecule has 2 N–H and O–H groups in total. The lowest BCUT2D eigenvalue weighted by Crippen LogP contribution is -2.44. The molecule has 2 rings (SSSR count). The Kier molecular flexibility index (Phi) is 7.22. The predicted octanol–water partition coefficient (Wildman–Crippen LogP) is 2.28. The number of aliphatic carboxylic acids is 1. The number of carbonyl (C=O) groups is 2. The van der Waals surface area contributed by atoms with Gasteiger partial charge in [0.2, 0.25) is 0 Å². The van der Waals surface area contributed by atoms with Crippen molar-refractivity contribution in [1.82, 2.24) is 5.32 Å². The molecule has 0 bridgehead atoms. The molecule has 1 aliphatic heterocycles. The Labute approximate surface area is 139 Å². The van der Waals surface area contributed by atoms with Crippen molar-refractivity contribution in [3.05, 3.63) is 35.9 Å². The molecule has 1 atom stereocenters. The van der Waals surface area contributed by atoms with E-state index < -0.39 is 18.1 Å². The Morgan fingerprint density at radius 3 is 2.65 bits per heavy atom. The molecule has 0 radical (unpaired) electrons. The molecule has 23 heavy (non-hydrogen) atoms. The summed E-state index contributed by atoms with van der Waals surface area (Å²) in [7, 11) is 0. The van der Waals surface area contributed by atoms with Crippen molar-refractivity contribution in [3.63, 3.8) is 0 Å². The topological polar surface area (TPSA) is 84.9 Å². The molecule has 0 spiro atoms. The quantitative estimate of drug-likeness (QED) is 0.793. The maximum atomic E-state index is 11.8. The van der Waals surface area contributed by atoms with Crippen molar-refractivity contribution in [2.45, 2.75) is 30.7 Å². The molecule has 1 aromatic carbocycles. The molecule has 1 heterocycles. The number of nitrogens with one attached hydrogen (secondary N) is 1. The van der Waals surface area contributed by atoms with Crippen LogP contribution in [0.15, 0.2) is 30.3 Å². The van der Waals surface area contributed by atoms with Gasteiger partial charge in [0.25, 0.3) is 0 Å². The number of carbonyl (C=O) groups excluding carboxylic acids is 1. The van der Waals surface area contributed by atoms with Gasteiger partial charge in [0.05, 0.1) is 13.2 Å². The first-order valence-corrected chi connectivity index (χ1v) is 8.70. The minimum absolute atomic E-state index is 0.199. The van der Waals surface area contributed by atoms with E-state index >= 15 is 0 Å². The largest absolute Gasteiger partial charge is 0.480 e. The molecule has 1 fully saturated rings. The number of thioether (sulfide) groups is 1. The minimum Gasteiger partial charge on any atom is -0.480 e. The molecular formula is C16H21NO5S. The maximum absolute atomic E-state index is 11.8. The molecule has 0 saturated carbocycles. The van der Waals surface area contributed by atoms with Gasteiger partial charge in [0.15, 0.2) is 0 Å². The van der Waals surface area contributed by atoms with Crippen LogP contribution in [0.2, 0.25) is 0 Å². The predicted molar refractivity (Wildman–Crippen MR) is 87.5 cm³/mol. The summed E-state index contributed by atoms with van der Waals surface area (Å²) in [4.78, 5) is 23.1. The van der Waals surface area contributed by atoms with E-state index in [1.54, 1.807) is 0 Å². The number of ether oxygens (including phenoxy) is 2. The van der Waals surface area contributed by atoms with Crippen LogP contribution in [0, 0.1) is 0 Å². The highest BCUT2D eigenvalue weighted by Gasteiger charge is 2.23. The molecule has 0 unspecified atom stereocenters. The second-order valence-electron chi connectivity index (χ2n) is 5.25. The molecule has 0 aliphatic carbocycles. The third kappa shape index (κ3) is 6.50. The average molecular weight is 339 g/mol. The summed E-state index contributed by atoms with van der Waals surface area (Å²) in [5.74, 6) is -0.0801. The Morgan fingerprint density at radius 2 is 2.00 bits per heavy atom. The average Bonchev–Trinajstić information content (AvgIpc) is 2.55. The van der Waals surface area contributed by atoms with E-state index in [0.29, 0.717) is 31.8 Å². The van der Waals surface area contributed by atoms with E-state index in [-0.39, 0.29) is 11.9 Å². The smallest absolute Gasteiger partial charge is 0.408 e. The van der Waals surface area contributed by atoms with Gasteiger partial charge in [-0.15, -0.1) is 0 Å². The van der Waals surface area contributed by atoms with Crippen LogP contribution in [0.1, 0.15) is 18.4 Å². The number of hydrogen-bond acceptors (Lipinski definition) is 5. The van der Waals surface area contributed by atoms with Crippen LogP contribution in [0.5, 0.6) is 0 Å². The third-order valence-corrected chi connectivity index (χ3v) is 4.53. The fourth-order valence-electron chi connectivity index (χ4n) is 2.17. The van der Waals surface area contributed by atoms with Crippen LogP contribution in [0.4, 0.5) is 4.79 Å². The van der Waals surface area contributed by atoms with E-state index in [0.717, 1.165) is 5.56 Å². The van der Waals surface area contributed by atoms with Gasteiger partial charge in [-0.25, -0.2) is 9.59 Å². The summed E-state index contributed by atoms with van der Waals surface area (Å²) in [5.41, 5.74) is 1.12. The molecule has 0 aromatic heterocycles. The van der Waals surface area contributed by atoms with Gasteiger partial charge in [-0.2, -0.15) is 11.8 Å². The lowest BCUT2D eigenvalue weighted by molar-refractivity contribution is -0.138. The van der Waals surface area contributed by atoms with Crippen LogP contribution in [-0.4, -0.2) is 48.3 Å². The fraction of sp³-hybridized carbons (Fsp3) is 0.500. The first kappa shape index (κ1) is 17.6. The second-order valence-corrected chi connectivity index (χ2v) is 6.28. The summed E-state index contributed by atoms with van der Waals surface area (Å²) in [5, 5.41) is 11.6. The van der Waals surface area contributed by atoms with Crippen molar-refractivity contribution < 1.29 is 24.2 Å². The molecular weight excluding hydrogens is 318 g/mol. The minimum atomic E-state index is -1.06. The van der Waals surface area contributed by atoms with Gasteiger partial charge in [0, 0.05) is 24.3 Å². The van der Waals surface area contributed by atoms with E-state index in [4.69, 9.17) is 9.47 Å². The zero-order valence-corrected chi connectivity index (χ0v) is 13.6. The number of carboxylic acid groups (broad SMARTS) is 1. The summed E-state index contributed by atoms with van der Waals surface area (Å²) < 4.78 is 10.4. The van der Waals surface area contributed by atoms with E-state index in [1.165, 1.54) is 11.8 Å². The van der Waals surface area contributed by atoms with Crippen LogP contribution < -0.4 is 5.32 Å². The summed E-state index contributed by atoms with van der Waals surface area (Å²) in [6.07, 6.45) is 0.418. The highest BCUT2D eigenvalue weighted by atomic mass is 32.2. The molecule has 1 aliphatic rings. The third-order valence-electron chi connectivity index (χ3n) is 3.43. The van der Waals surface area contributed by atoms with Gasteiger partial charge >= 0.3 is 12.1 Å². The molecule has 1 aromatic rings. The number of hydrogen-bond donors (Lipinski definition) is 2. The summed E-state index contributed by atoms with van der Waals surface area (Å²) in [6.45, 7) is 1.13. The van der Waals surface area contributed by atoms with Gasteiger partial charge in [0.1, 0.15) is 12.1 Å². The van der Waals surface area contributed by atoms with Crippen molar-refractivity contribution in [2.24, 2.45) is 0 Å². The SMILES string of the molecule is O=C(N[C@@H](CSCc1ccccc1)C(=O)O)OC1CCOCC1. The van der Waals surface area contributed by atoms with Gasteiger partial charge < -0.3 is 19.9 Å². The Bertz CT molecular complexity index is 504. The number of carboxylic acids is 1. The molecule has 1 amide bonds. The lowest BCUT2D eigenvalue weighted by atomic mass is 10.2. The van der Waals surface area contributed by atoms with Crippen LogP contribution in [0.25, 0.3) is 0 Å². The van der Waals surface area contributed by atoms with Crippen molar-refractivity contribution >= 4 is 23.8 Å². The van der Waals surface area contributed by atoms with Gasteiger partial charge in [-0.1, -0.05) is 30.3 Å². The number of rotatable bonds is 7. The monoisotopic (exact) mass is 339 g/mol. The zero-order chi connectivity index (χ0) is 16.5. The highest BCUT2D eigenvalue weighted by molar-refractivity contribution is 7.98. The van der Waals surface area contributed by atoms with Gasteiger partial charge in [-0.05, 0) is 5.56 Å². The lowest BCUT2D eigenvalue weighted by Gasteiger charge is -2.23. The van der Waals surface area contributed by atoms with Crippen LogP contribution in [-0.2, 0) is 20.0 Å². The van der Waals surface area contributed by atoms with Crippen LogP contribution >= 0.6 is 11.8 Å². The molecule has 7 heteroatoms. The molecule has 1 saturated heterocycles. The maximum Gasteiger partial charge on any atom is 0.408 e. The Morgan fingerprint density at radius 1 is 1.30 bits per heavy atom. The zero-order valence-electron chi connectivity index (χ0n) is 12.8. The van der Waals surface area contributed by atoms with Gasteiger partial charge in [-0.3, -0.25) is 0 Å². The van der Waals surface area contributed by atoms with Crippen LogP contribution in [0.3, 0.4) is 0 Å². The van der Waals surface area contributed by atoms with Crippen molar-refractivity contribution in [2.75, 3.05) is 19.0 Å². The standard InChI is InChI=1S/C16H21NO5S/c18-15(19)14(11-23-10-12-4-2-1-3-5-12)17-16(20)22-13-6-8-21-9-7-13/h1-5,13-14H,6-11H2,(H,17,20)(H,18,19)/t14-/m0/s1. The van der Waals surface area contributed by atoms with Crippen molar-refractivity contribution in [1.29, 1.82) is 0 Å². The molecule has 6 nitrogen and oxygen atoms in total. The first-order valence-electron chi connectivity index (χ1n) is 7.54. The van der Waals surface area contributed by atoms with E-state index in [1.807, 2.05) is 30.3 Å². The Balaban J connectivity index is 1.74.